The molecule has 0 spiro atoms. The van der Waals surface area contributed by atoms with Gasteiger partial charge in [0.25, 0.3) is 0 Å². The molecule has 1 aromatic rings. The molecule has 0 aliphatic carbocycles. The highest BCUT2D eigenvalue weighted by Gasteiger charge is 2.06. The van der Waals surface area contributed by atoms with Gasteiger partial charge in [-0.15, -0.1) is 0 Å². The van der Waals surface area contributed by atoms with Gasteiger partial charge in [-0.1, -0.05) is 33.6 Å². The van der Waals surface area contributed by atoms with Crippen LogP contribution in [0.3, 0.4) is 0 Å². The van der Waals surface area contributed by atoms with Crippen LogP contribution in [0.2, 0.25) is 5.02 Å². The third-order valence-electron chi connectivity index (χ3n) is 2.00. The van der Waals surface area contributed by atoms with E-state index in [0.717, 1.165) is 10.0 Å². The zero-order chi connectivity index (χ0) is 12.1. The molecular weight excluding hydrogens is 291 g/mol. The fourth-order valence-corrected chi connectivity index (χ4v) is 1.96. The summed E-state index contributed by atoms with van der Waals surface area (Å²) in [5.41, 5.74) is 6.41. The van der Waals surface area contributed by atoms with Crippen LogP contribution in [-0.2, 0) is 11.3 Å². The van der Waals surface area contributed by atoms with Crippen LogP contribution in [0.1, 0.15) is 18.9 Å². The summed E-state index contributed by atoms with van der Waals surface area (Å²) >= 11 is 9.33. The Morgan fingerprint density at radius 3 is 2.88 bits per heavy atom. The van der Waals surface area contributed by atoms with Crippen molar-refractivity contribution in [2.24, 2.45) is 5.73 Å². The smallest absolute Gasteiger partial charge is 0.221 e. The molecule has 0 aliphatic rings. The molecule has 88 valence electrons. The molecule has 5 heteroatoms. The minimum atomic E-state index is -0.125. The molecule has 0 saturated heterocycles. The Labute approximate surface area is 108 Å². The van der Waals surface area contributed by atoms with Gasteiger partial charge in [-0.05, 0) is 24.6 Å². The quantitative estimate of drug-likeness (QED) is 0.898. The molecule has 1 aromatic carbocycles. The minimum Gasteiger partial charge on any atom is -0.352 e. The Hall–Kier alpha value is -0.580. The normalized spacial score (nSPS) is 12.2. The van der Waals surface area contributed by atoms with E-state index in [1.165, 1.54) is 0 Å². The fourth-order valence-electron chi connectivity index (χ4n) is 1.22. The molecule has 0 radical (unpaired) electrons. The first-order valence-corrected chi connectivity index (χ1v) is 6.12. The topological polar surface area (TPSA) is 55.1 Å². The summed E-state index contributed by atoms with van der Waals surface area (Å²) in [5.74, 6) is -0.0611. The molecule has 16 heavy (non-hydrogen) atoms. The summed E-state index contributed by atoms with van der Waals surface area (Å²) in [6.07, 6.45) is 0.328. The molecule has 0 saturated carbocycles. The van der Waals surface area contributed by atoms with Crippen molar-refractivity contribution in [3.05, 3.63) is 33.3 Å². The molecule has 0 heterocycles. The van der Waals surface area contributed by atoms with Crippen LogP contribution >= 0.6 is 27.5 Å². The van der Waals surface area contributed by atoms with E-state index < -0.39 is 0 Å². The van der Waals surface area contributed by atoms with E-state index in [0.29, 0.717) is 18.0 Å². The molecule has 3 nitrogen and oxygen atoms in total. The lowest BCUT2D eigenvalue weighted by atomic mass is 10.2. The molecule has 0 fully saturated rings. The summed E-state index contributed by atoms with van der Waals surface area (Å²) in [7, 11) is 0. The highest BCUT2D eigenvalue weighted by atomic mass is 79.9. The second kappa shape index (κ2) is 6.23. The Bertz CT molecular complexity index is 382. The highest BCUT2D eigenvalue weighted by molar-refractivity contribution is 9.10. The number of halogens is 2. The lowest BCUT2D eigenvalue weighted by Gasteiger charge is -2.08. The van der Waals surface area contributed by atoms with Crippen LogP contribution in [0.5, 0.6) is 0 Å². The Kier molecular flexibility index (Phi) is 5.25. The number of nitrogens with one attached hydrogen (secondary N) is 1. The molecule has 0 bridgehead atoms. The van der Waals surface area contributed by atoms with Gasteiger partial charge < -0.3 is 11.1 Å². The van der Waals surface area contributed by atoms with Crippen LogP contribution in [0.4, 0.5) is 0 Å². The standard InChI is InChI=1S/C11H14BrClN2O/c1-7(14)4-11(16)15-6-8-2-3-9(12)5-10(8)13/h2-3,5,7H,4,6,14H2,1H3,(H,15,16). The second-order valence-electron chi connectivity index (χ2n) is 3.69. The lowest BCUT2D eigenvalue weighted by Crippen LogP contribution is -2.29. The van der Waals surface area contributed by atoms with Crippen LogP contribution in [-0.4, -0.2) is 11.9 Å². The number of amides is 1. The van der Waals surface area contributed by atoms with Crippen molar-refractivity contribution in [3.63, 3.8) is 0 Å². The van der Waals surface area contributed by atoms with Gasteiger partial charge >= 0.3 is 0 Å². The van der Waals surface area contributed by atoms with Gasteiger partial charge in [0.15, 0.2) is 0 Å². The van der Waals surface area contributed by atoms with Crippen LogP contribution in [0, 0.1) is 0 Å². The van der Waals surface area contributed by atoms with Gasteiger partial charge in [-0.25, -0.2) is 0 Å². The highest BCUT2D eigenvalue weighted by Crippen LogP contribution is 2.21. The average Bonchev–Trinajstić information content (AvgIpc) is 2.15. The number of carbonyl (C=O) groups excluding carboxylic acids is 1. The molecule has 1 amide bonds. The van der Waals surface area contributed by atoms with Crippen LogP contribution < -0.4 is 11.1 Å². The lowest BCUT2D eigenvalue weighted by molar-refractivity contribution is -0.121. The number of carbonyl (C=O) groups is 1. The van der Waals surface area contributed by atoms with E-state index in [9.17, 15) is 4.79 Å². The largest absolute Gasteiger partial charge is 0.352 e. The van der Waals surface area contributed by atoms with Crippen molar-refractivity contribution in [1.29, 1.82) is 0 Å². The first-order chi connectivity index (χ1) is 7.49. The number of hydrogen-bond acceptors (Lipinski definition) is 2. The second-order valence-corrected chi connectivity index (χ2v) is 5.02. The van der Waals surface area contributed by atoms with Crippen molar-refractivity contribution >= 4 is 33.4 Å². The number of rotatable bonds is 4. The molecular formula is C11H14BrClN2O. The maximum absolute atomic E-state index is 11.4. The fraction of sp³-hybridized carbons (Fsp3) is 0.364. The SMILES string of the molecule is CC(N)CC(=O)NCc1ccc(Br)cc1Cl. The number of hydrogen-bond donors (Lipinski definition) is 2. The zero-order valence-electron chi connectivity index (χ0n) is 8.97. The summed E-state index contributed by atoms with van der Waals surface area (Å²) in [4.78, 5) is 11.4. The minimum absolute atomic E-state index is 0.0611. The van der Waals surface area contributed by atoms with Gasteiger partial charge in [0.2, 0.25) is 5.91 Å². The van der Waals surface area contributed by atoms with E-state index in [-0.39, 0.29) is 11.9 Å². The average molecular weight is 306 g/mol. The molecule has 1 unspecified atom stereocenters. The van der Waals surface area contributed by atoms with Crippen molar-refractivity contribution in [2.75, 3.05) is 0 Å². The molecule has 0 aliphatic heterocycles. The number of nitrogens with two attached hydrogens (primary N) is 1. The van der Waals surface area contributed by atoms with E-state index in [2.05, 4.69) is 21.2 Å². The van der Waals surface area contributed by atoms with Gasteiger partial charge in [0, 0.05) is 28.5 Å². The van der Waals surface area contributed by atoms with Gasteiger partial charge in [0.05, 0.1) is 0 Å². The molecule has 3 N–H and O–H groups in total. The Morgan fingerprint density at radius 2 is 2.31 bits per heavy atom. The van der Waals surface area contributed by atoms with Crippen LogP contribution in [0.15, 0.2) is 22.7 Å². The van der Waals surface area contributed by atoms with E-state index >= 15 is 0 Å². The van der Waals surface area contributed by atoms with Crippen LogP contribution in [0.25, 0.3) is 0 Å². The summed E-state index contributed by atoms with van der Waals surface area (Å²) in [6, 6.07) is 5.44. The maximum Gasteiger partial charge on any atom is 0.221 e. The van der Waals surface area contributed by atoms with Crippen molar-refractivity contribution in [3.8, 4) is 0 Å². The monoisotopic (exact) mass is 304 g/mol. The summed E-state index contributed by atoms with van der Waals surface area (Å²) in [6.45, 7) is 2.23. The molecule has 1 atom stereocenters. The predicted molar refractivity (Wildman–Crippen MR) is 69.3 cm³/mol. The van der Waals surface area contributed by atoms with Crippen molar-refractivity contribution in [2.45, 2.75) is 25.9 Å². The first-order valence-electron chi connectivity index (χ1n) is 4.95. The Balaban J connectivity index is 2.51. The zero-order valence-corrected chi connectivity index (χ0v) is 11.3. The van der Waals surface area contributed by atoms with E-state index in [1.54, 1.807) is 13.0 Å². The maximum atomic E-state index is 11.4. The predicted octanol–water partition coefficient (Wildman–Crippen LogP) is 2.46. The van der Waals surface area contributed by atoms with E-state index in [1.807, 2.05) is 12.1 Å². The number of benzene rings is 1. The molecule has 0 aromatic heterocycles. The van der Waals surface area contributed by atoms with Crippen molar-refractivity contribution in [1.82, 2.24) is 5.32 Å². The first kappa shape index (κ1) is 13.5. The third kappa shape index (κ3) is 4.51. The van der Waals surface area contributed by atoms with Gasteiger partial charge in [-0.2, -0.15) is 0 Å². The van der Waals surface area contributed by atoms with Crippen molar-refractivity contribution < 1.29 is 4.79 Å². The van der Waals surface area contributed by atoms with E-state index in [4.69, 9.17) is 17.3 Å². The van der Waals surface area contributed by atoms with Gasteiger partial charge in [0.1, 0.15) is 0 Å². The third-order valence-corrected chi connectivity index (χ3v) is 2.84. The Morgan fingerprint density at radius 1 is 1.62 bits per heavy atom. The summed E-state index contributed by atoms with van der Waals surface area (Å²) in [5, 5.41) is 3.41. The summed E-state index contributed by atoms with van der Waals surface area (Å²) < 4.78 is 0.920. The molecule has 1 rings (SSSR count). The van der Waals surface area contributed by atoms with Gasteiger partial charge in [-0.3, -0.25) is 4.79 Å².